The lowest BCUT2D eigenvalue weighted by atomic mass is 9.81. The normalized spacial score (nSPS) is 23.0. The fourth-order valence-corrected chi connectivity index (χ4v) is 2.70. The van der Waals surface area contributed by atoms with Crippen molar-refractivity contribution < 1.29 is 9.84 Å². The molecule has 0 spiro atoms. The van der Waals surface area contributed by atoms with Gasteiger partial charge in [0.1, 0.15) is 0 Å². The largest absolute Gasteiger partial charge is 0.395 e. The lowest BCUT2D eigenvalue weighted by molar-refractivity contribution is 0.00293. The van der Waals surface area contributed by atoms with Gasteiger partial charge in [0.25, 0.3) is 0 Å². The van der Waals surface area contributed by atoms with Crippen LogP contribution in [0, 0.1) is 5.41 Å². The van der Waals surface area contributed by atoms with Crippen LogP contribution >= 0.6 is 15.9 Å². The lowest BCUT2D eigenvalue weighted by Crippen LogP contribution is -2.45. The van der Waals surface area contributed by atoms with Crippen molar-refractivity contribution in [2.45, 2.75) is 25.8 Å². The molecule has 1 saturated heterocycles. The van der Waals surface area contributed by atoms with Crippen LogP contribution in [-0.2, 0) is 4.74 Å². The number of hydrogen-bond acceptors (Lipinski definition) is 3. The smallest absolute Gasteiger partial charge is 0.0584 e. The monoisotopic (exact) mass is 279 g/mol. The third-order valence-corrected chi connectivity index (χ3v) is 4.63. The number of alkyl halides is 1. The highest BCUT2D eigenvalue weighted by molar-refractivity contribution is 9.09. The topological polar surface area (TPSA) is 32.7 Å². The predicted molar refractivity (Wildman–Crippen MR) is 65.5 cm³/mol. The van der Waals surface area contributed by atoms with E-state index >= 15 is 0 Å². The molecular formula is C11H22BrNO2. The van der Waals surface area contributed by atoms with E-state index in [1.807, 2.05) is 0 Å². The molecule has 1 atom stereocenters. The Morgan fingerprint density at radius 3 is 2.53 bits per heavy atom. The Kier molecular flexibility index (Phi) is 5.53. The average molecular weight is 280 g/mol. The summed E-state index contributed by atoms with van der Waals surface area (Å²) in [5, 5.41) is 10.1. The second-order valence-corrected chi connectivity index (χ2v) is 5.25. The van der Waals surface area contributed by atoms with E-state index in [2.05, 4.69) is 34.8 Å². The van der Waals surface area contributed by atoms with Crippen molar-refractivity contribution in [2.24, 2.45) is 5.41 Å². The van der Waals surface area contributed by atoms with Gasteiger partial charge in [-0.05, 0) is 32.2 Å². The molecule has 1 fully saturated rings. The summed E-state index contributed by atoms with van der Waals surface area (Å²) in [7, 11) is 2.08. The lowest BCUT2D eigenvalue weighted by Gasteiger charge is -2.40. The number of hydrogen-bond donors (Lipinski definition) is 1. The van der Waals surface area contributed by atoms with Gasteiger partial charge >= 0.3 is 0 Å². The number of rotatable bonds is 5. The maximum atomic E-state index is 9.11. The minimum atomic E-state index is 0.228. The van der Waals surface area contributed by atoms with E-state index in [4.69, 9.17) is 9.84 Å². The minimum Gasteiger partial charge on any atom is -0.395 e. The Balaban J connectivity index is 2.51. The molecule has 0 aliphatic carbocycles. The fraction of sp³-hybridized carbons (Fsp3) is 1.00. The second-order valence-electron chi connectivity index (χ2n) is 4.69. The summed E-state index contributed by atoms with van der Waals surface area (Å²) in [6.07, 6.45) is 2.22. The van der Waals surface area contributed by atoms with Crippen molar-refractivity contribution in [3.63, 3.8) is 0 Å². The number of aliphatic hydroxyl groups is 1. The van der Waals surface area contributed by atoms with Crippen LogP contribution in [0.5, 0.6) is 0 Å². The maximum absolute atomic E-state index is 9.11. The number of nitrogens with zero attached hydrogens (tertiary/aromatic N) is 1. The van der Waals surface area contributed by atoms with Crippen LogP contribution in [0.1, 0.15) is 19.8 Å². The summed E-state index contributed by atoms with van der Waals surface area (Å²) < 4.78 is 5.41. The number of likely N-dealkylation sites (N-methyl/N-ethyl adjacent to an activating group) is 1. The van der Waals surface area contributed by atoms with Crippen molar-refractivity contribution in [3.8, 4) is 0 Å². The summed E-state index contributed by atoms with van der Waals surface area (Å²) in [6, 6.07) is 0.240. The molecule has 90 valence electrons. The Labute approximate surface area is 101 Å². The van der Waals surface area contributed by atoms with Crippen molar-refractivity contribution in [3.05, 3.63) is 0 Å². The van der Waals surface area contributed by atoms with Gasteiger partial charge in [-0.15, -0.1) is 0 Å². The molecule has 4 heteroatoms. The maximum Gasteiger partial charge on any atom is 0.0584 e. The summed E-state index contributed by atoms with van der Waals surface area (Å²) in [6.45, 7) is 5.05. The fourth-order valence-electron chi connectivity index (χ4n) is 1.96. The second kappa shape index (κ2) is 6.18. The number of halogens is 1. The van der Waals surface area contributed by atoms with Crippen LogP contribution in [-0.4, -0.2) is 54.8 Å². The molecule has 1 unspecified atom stereocenters. The zero-order chi connectivity index (χ0) is 11.3. The van der Waals surface area contributed by atoms with E-state index in [0.29, 0.717) is 5.41 Å². The first-order valence-electron chi connectivity index (χ1n) is 5.58. The van der Waals surface area contributed by atoms with Crippen LogP contribution < -0.4 is 0 Å². The van der Waals surface area contributed by atoms with Gasteiger partial charge < -0.3 is 14.7 Å². The van der Waals surface area contributed by atoms with Gasteiger partial charge in [0.2, 0.25) is 0 Å². The highest BCUT2D eigenvalue weighted by Crippen LogP contribution is 2.33. The molecule has 15 heavy (non-hydrogen) atoms. The van der Waals surface area contributed by atoms with E-state index in [1.54, 1.807) is 0 Å². The van der Waals surface area contributed by atoms with E-state index in [-0.39, 0.29) is 12.6 Å². The SMILES string of the molecule is CC(CO)N(C)CC1(CBr)CCOCC1. The highest BCUT2D eigenvalue weighted by atomic mass is 79.9. The third-order valence-electron chi connectivity index (χ3n) is 3.44. The van der Waals surface area contributed by atoms with Crippen molar-refractivity contribution in [1.29, 1.82) is 0 Å². The predicted octanol–water partition coefficient (Wildman–Crippen LogP) is 1.49. The Hall–Kier alpha value is 0.360. The first-order valence-corrected chi connectivity index (χ1v) is 6.70. The zero-order valence-corrected chi connectivity index (χ0v) is 11.3. The quantitative estimate of drug-likeness (QED) is 0.775. The van der Waals surface area contributed by atoms with Crippen molar-refractivity contribution in [1.82, 2.24) is 4.90 Å². The molecule has 0 radical (unpaired) electrons. The minimum absolute atomic E-state index is 0.228. The molecule has 1 aliphatic heterocycles. The van der Waals surface area contributed by atoms with Crippen LogP contribution in [0.25, 0.3) is 0 Å². The summed E-state index contributed by atoms with van der Waals surface area (Å²) in [5.74, 6) is 0. The average Bonchev–Trinajstić information content (AvgIpc) is 2.29. The zero-order valence-electron chi connectivity index (χ0n) is 9.71. The van der Waals surface area contributed by atoms with Gasteiger partial charge in [0.15, 0.2) is 0 Å². The van der Waals surface area contributed by atoms with Crippen molar-refractivity contribution in [2.75, 3.05) is 38.7 Å². The number of ether oxygens (including phenoxy) is 1. The third kappa shape index (κ3) is 3.70. The van der Waals surface area contributed by atoms with E-state index in [1.165, 1.54) is 0 Å². The van der Waals surface area contributed by atoms with E-state index in [0.717, 1.165) is 37.9 Å². The number of aliphatic hydroxyl groups excluding tert-OH is 1. The molecule has 0 aromatic rings. The van der Waals surface area contributed by atoms with Crippen LogP contribution in [0.3, 0.4) is 0 Å². The van der Waals surface area contributed by atoms with Gasteiger partial charge in [-0.3, -0.25) is 0 Å². The molecule has 0 amide bonds. The summed E-state index contributed by atoms with van der Waals surface area (Å²) in [4.78, 5) is 2.24. The van der Waals surface area contributed by atoms with Crippen LogP contribution in [0.2, 0.25) is 0 Å². The molecule has 0 bridgehead atoms. The first kappa shape index (κ1) is 13.4. The molecule has 0 saturated carbocycles. The van der Waals surface area contributed by atoms with Crippen molar-refractivity contribution >= 4 is 15.9 Å². The molecule has 1 heterocycles. The van der Waals surface area contributed by atoms with Crippen LogP contribution in [0.4, 0.5) is 0 Å². The van der Waals surface area contributed by atoms with Gasteiger partial charge in [0.05, 0.1) is 6.61 Å². The molecular weight excluding hydrogens is 258 g/mol. The van der Waals surface area contributed by atoms with E-state index < -0.39 is 0 Å². The summed E-state index contributed by atoms with van der Waals surface area (Å²) >= 11 is 3.62. The Morgan fingerprint density at radius 2 is 2.07 bits per heavy atom. The summed E-state index contributed by atoms with van der Waals surface area (Å²) in [5.41, 5.74) is 0.330. The molecule has 1 aliphatic rings. The Bertz CT molecular complexity index is 183. The van der Waals surface area contributed by atoms with E-state index in [9.17, 15) is 0 Å². The molecule has 1 rings (SSSR count). The Morgan fingerprint density at radius 1 is 1.47 bits per heavy atom. The van der Waals surface area contributed by atoms with Crippen LogP contribution in [0.15, 0.2) is 0 Å². The molecule has 0 aromatic heterocycles. The first-order chi connectivity index (χ1) is 7.13. The molecule has 1 N–H and O–H groups in total. The van der Waals surface area contributed by atoms with Gasteiger partial charge in [0, 0.05) is 31.1 Å². The highest BCUT2D eigenvalue weighted by Gasteiger charge is 2.33. The molecule has 3 nitrogen and oxygen atoms in total. The molecule has 0 aromatic carbocycles. The van der Waals surface area contributed by atoms with Gasteiger partial charge in [-0.2, -0.15) is 0 Å². The standard InChI is InChI=1S/C11H22BrNO2/c1-10(7-14)13(2)9-11(8-12)3-5-15-6-4-11/h10,14H,3-9H2,1-2H3. The van der Waals surface area contributed by atoms with Gasteiger partial charge in [-0.25, -0.2) is 0 Å². The van der Waals surface area contributed by atoms with Gasteiger partial charge in [-0.1, -0.05) is 15.9 Å².